The molecular weight excluding hydrogens is 370 g/mol. The molecule has 1 atom stereocenters. The highest BCUT2D eigenvalue weighted by Gasteiger charge is 2.27. The highest BCUT2D eigenvalue weighted by atomic mass is 16.5. The minimum absolute atomic E-state index is 0.192. The van der Waals surface area contributed by atoms with Crippen molar-refractivity contribution in [3.8, 4) is 5.75 Å². The summed E-state index contributed by atoms with van der Waals surface area (Å²) >= 11 is 0. The molecule has 1 N–H and O–H groups in total. The number of hydrogen-bond donors (Lipinski definition) is 1. The van der Waals surface area contributed by atoms with Crippen molar-refractivity contribution in [2.24, 2.45) is 5.92 Å². The van der Waals surface area contributed by atoms with E-state index in [0.717, 1.165) is 23.3 Å². The van der Waals surface area contributed by atoms with Crippen molar-refractivity contribution in [1.29, 1.82) is 0 Å². The van der Waals surface area contributed by atoms with Gasteiger partial charge in [0.05, 0.1) is 6.61 Å². The van der Waals surface area contributed by atoms with Crippen LogP contribution in [0.5, 0.6) is 5.75 Å². The number of ketones is 1. The smallest absolute Gasteiger partial charge is 0.329 e. The minimum atomic E-state index is -0.844. The number of esters is 1. The van der Waals surface area contributed by atoms with Crippen molar-refractivity contribution in [1.82, 2.24) is 5.32 Å². The fraction of sp³-hybridized carbons (Fsp3) is 0.348. The Morgan fingerprint density at radius 2 is 1.90 bits per heavy atom. The zero-order chi connectivity index (χ0) is 21.0. The number of amides is 1. The molecule has 152 valence electrons. The van der Waals surface area contributed by atoms with E-state index in [4.69, 9.17) is 9.47 Å². The number of fused-ring (bicyclic) bond motifs is 1. The average Bonchev–Trinajstić information content (AvgIpc) is 3.17. The van der Waals surface area contributed by atoms with Crippen molar-refractivity contribution in [2.75, 3.05) is 13.2 Å². The quantitative estimate of drug-likeness (QED) is 0.575. The van der Waals surface area contributed by atoms with Crippen LogP contribution in [0.25, 0.3) is 0 Å². The number of Topliss-reactive ketones (excluding diaryl/α,β-unsaturated/α-hetero) is 1. The lowest BCUT2D eigenvalue weighted by Crippen LogP contribution is -2.45. The van der Waals surface area contributed by atoms with Crippen LogP contribution in [0.4, 0.5) is 0 Å². The summed E-state index contributed by atoms with van der Waals surface area (Å²) in [6, 6.07) is 11.5. The second-order valence-electron chi connectivity index (χ2n) is 7.46. The molecule has 6 heteroatoms. The van der Waals surface area contributed by atoms with Gasteiger partial charge in [0.1, 0.15) is 11.8 Å². The molecule has 1 heterocycles. The van der Waals surface area contributed by atoms with E-state index in [2.05, 4.69) is 5.32 Å². The Labute approximate surface area is 170 Å². The van der Waals surface area contributed by atoms with Gasteiger partial charge in [-0.1, -0.05) is 32.0 Å². The Hall–Kier alpha value is -3.15. The maximum Gasteiger partial charge on any atom is 0.329 e. The Bertz CT molecular complexity index is 935. The number of benzene rings is 2. The van der Waals surface area contributed by atoms with E-state index >= 15 is 0 Å². The Balaban J connectivity index is 1.61. The van der Waals surface area contributed by atoms with Crippen molar-refractivity contribution in [3.63, 3.8) is 0 Å². The van der Waals surface area contributed by atoms with Gasteiger partial charge in [-0.3, -0.25) is 9.59 Å². The molecule has 6 nitrogen and oxygen atoms in total. The first kappa shape index (κ1) is 20.6. The summed E-state index contributed by atoms with van der Waals surface area (Å²) in [7, 11) is 0. The number of aryl methyl sites for hydroxylation is 1. The van der Waals surface area contributed by atoms with Gasteiger partial charge in [0.25, 0.3) is 5.91 Å². The molecule has 29 heavy (non-hydrogen) atoms. The van der Waals surface area contributed by atoms with Crippen LogP contribution >= 0.6 is 0 Å². The zero-order valence-electron chi connectivity index (χ0n) is 16.9. The summed E-state index contributed by atoms with van der Waals surface area (Å²) in [6.07, 6.45) is 0.761. The van der Waals surface area contributed by atoms with Crippen LogP contribution in [0.1, 0.15) is 45.7 Å². The maximum atomic E-state index is 12.6. The lowest BCUT2D eigenvalue weighted by molar-refractivity contribution is -0.145. The highest BCUT2D eigenvalue weighted by Crippen LogP contribution is 2.26. The molecule has 0 aliphatic carbocycles. The Morgan fingerprint density at radius 1 is 1.14 bits per heavy atom. The van der Waals surface area contributed by atoms with E-state index in [1.165, 1.54) is 0 Å². The number of rotatable bonds is 7. The third-order valence-electron chi connectivity index (χ3n) is 4.95. The van der Waals surface area contributed by atoms with E-state index in [1.807, 2.05) is 32.9 Å². The molecule has 3 rings (SSSR count). The fourth-order valence-corrected chi connectivity index (χ4v) is 3.21. The second-order valence-corrected chi connectivity index (χ2v) is 7.46. The van der Waals surface area contributed by atoms with Crippen LogP contribution in [0.2, 0.25) is 0 Å². The van der Waals surface area contributed by atoms with Crippen LogP contribution in [0.3, 0.4) is 0 Å². The largest absolute Gasteiger partial charge is 0.493 e. The number of carbonyl (C=O) groups is 3. The molecule has 0 saturated heterocycles. The maximum absolute atomic E-state index is 12.6. The normalized spacial score (nSPS) is 13.4. The van der Waals surface area contributed by atoms with Gasteiger partial charge in [0.15, 0.2) is 12.4 Å². The number of hydrogen-bond acceptors (Lipinski definition) is 5. The monoisotopic (exact) mass is 395 g/mol. The summed E-state index contributed by atoms with van der Waals surface area (Å²) < 4.78 is 10.7. The molecule has 1 amide bonds. The highest BCUT2D eigenvalue weighted by molar-refractivity contribution is 6.00. The molecule has 0 unspecified atom stereocenters. The van der Waals surface area contributed by atoms with E-state index in [-0.39, 0.29) is 24.2 Å². The molecule has 0 saturated carbocycles. The second kappa shape index (κ2) is 8.90. The minimum Gasteiger partial charge on any atom is -0.493 e. The van der Waals surface area contributed by atoms with Gasteiger partial charge in [-0.05, 0) is 48.2 Å². The van der Waals surface area contributed by atoms with Crippen molar-refractivity contribution < 1.29 is 23.9 Å². The van der Waals surface area contributed by atoms with E-state index < -0.39 is 12.0 Å². The number of ether oxygens (including phenoxy) is 2. The first-order valence-electron chi connectivity index (χ1n) is 9.69. The summed E-state index contributed by atoms with van der Waals surface area (Å²) in [6.45, 7) is 5.69. The fourth-order valence-electron chi connectivity index (χ4n) is 3.21. The third-order valence-corrected chi connectivity index (χ3v) is 4.95. The summed E-state index contributed by atoms with van der Waals surface area (Å²) in [5.74, 6) is -0.663. The molecule has 0 spiro atoms. The molecule has 0 radical (unpaired) electrons. The lowest BCUT2D eigenvalue weighted by atomic mass is 10.0. The van der Waals surface area contributed by atoms with Gasteiger partial charge in [-0.15, -0.1) is 0 Å². The molecule has 2 aromatic rings. The summed E-state index contributed by atoms with van der Waals surface area (Å²) in [5, 5.41) is 2.73. The van der Waals surface area contributed by atoms with E-state index in [1.54, 1.807) is 30.3 Å². The predicted molar refractivity (Wildman–Crippen MR) is 108 cm³/mol. The molecular formula is C23H25NO5. The van der Waals surface area contributed by atoms with Crippen LogP contribution < -0.4 is 10.1 Å². The predicted octanol–water partition coefficient (Wildman–Crippen LogP) is 3.11. The Kier molecular flexibility index (Phi) is 6.32. The van der Waals surface area contributed by atoms with Crippen molar-refractivity contribution in [2.45, 2.75) is 33.2 Å². The Morgan fingerprint density at radius 3 is 2.62 bits per heavy atom. The SMILES string of the molecule is Cc1ccccc1C(=O)N[C@H](C(=O)OCC(=O)c1ccc2c(c1)CCO2)C(C)C. The molecule has 0 fully saturated rings. The van der Waals surface area contributed by atoms with Gasteiger partial charge in [0, 0.05) is 17.5 Å². The molecule has 0 aromatic heterocycles. The van der Waals surface area contributed by atoms with Crippen LogP contribution in [-0.4, -0.2) is 36.9 Å². The zero-order valence-corrected chi connectivity index (χ0v) is 16.9. The van der Waals surface area contributed by atoms with Gasteiger partial charge < -0.3 is 14.8 Å². The van der Waals surface area contributed by atoms with Crippen LogP contribution in [-0.2, 0) is 16.0 Å². The summed E-state index contributed by atoms with van der Waals surface area (Å²) in [4.78, 5) is 37.5. The molecule has 1 aliphatic heterocycles. The van der Waals surface area contributed by atoms with Crippen LogP contribution in [0, 0.1) is 12.8 Å². The molecule has 2 aromatic carbocycles. The molecule has 1 aliphatic rings. The van der Waals surface area contributed by atoms with Gasteiger partial charge in [-0.25, -0.2) is 4.79 Å². The van der Waals surface area contributed by atoms with Crippen LogP contribution in [0.15, 0.2) is 42.5 Å². The van der Waals surface area contributed by atoms with E-state index in [9.17, 15) is 14.4 Å². The average molecular weight is 395 g/mol. The molecule has 0 bridgehead atoms. The first-order valence-corrected chi connectivity index (χ1v) is 9.69. The number of carbonyl (C=O) groups excluding carboxylic acids is 3. The first-order chi connectivity index (χ1) is 13.9. The van der Waals surface area contributed by atoms with Gasteiger partial charge in [0.2, 0.25) is 0 Å². The van der Waals surface area contributed by atoms with E-state index in [0.29, 0.717) is 17.7 Å². The lowest BCUT2D eigenvalue weighted by Gasteiger charge is -2.21. The van der Waals surface area contributed by atoms with Gasteiger partial charge >= 0.3 is 5.97 Å². The standard InChI is InChI=1S/C23H25NO5/c1-14(2)21(24-22(26)18-7-5-4-6-15(18)3)23(27)29-13-19(25)16-8-9-20-17(12-16)10-11-28-20/h4-9,12,14,21H,10-11,13H2,1-3H3,(H,24,26)/t21-/m0/s1. The number of nitrogens with one attached hydrogen (secondary N) is 1. The summed E-state index contributed by atoms with van der Waals surface area (Å²) in [5.41, 5.74) is 2.78. The van der Waals surface area contributed by atoms with Crippen molar-refractivity contribution >= 4 is 17.7 Å². The topological polar surface area (TPSA) is 81.7 Å². The third kappa shape index (κ3) is 4.83. The van der Waals surface area contributed by atoms with Crippen molar-refractivity contribution in [3.05, 3.63) is 64.7 Å². The van der Waals surface area contributed by atoms with Gasteiger partial charge in [-0.2, -0.15) is 0 Å².